The van der Waals surface area contributed by atoms with Gasteiger partial charge in [-0.25, -0.2) is 8.78 Å². The molecule has 4 heteroatoms. The lowest BCUT2D eigenvalue weighted by Gasteiger charge is -2.16. The Bertz CT molecular complexity index is 267. The Morgan fingerprint density at radius 2 is 1.87 bits per heavy atom. The first kappa shape index (κ1) is 12.1. The normalized spacial score (nSPS) is 13.1. The summed E-state index contributed by atoms with van der Waals surface area (Å²) in [6, 6.07) is 9.57. The average molecular weight is 215 g/mol. The number of benzene rings is 1. The van der Waals surface area contributed by atoms with E-state index in [0.717, 1.165) is 5.56 Å². The third kappa shape index (κ3) is 4.36. The molecular weight excluding hydrogens is 200 g/mol. The molecule has 1 aromatic rings. The summed E-state index contributed by atoms with van der Waals surface area (Å²) in [6.45, 7) is -0.254. The van der Waals surface area contributed by atoms with Crippen molar-refractivity contribution >= 4 is 0 Å². The summed E-state index contributed by atoms with van der Waals surface area (Å²) >= 11 is 0. The second kappa shape index (κ2) is 6.48. The summed E-state index contributed by atoms with van der Waals surface area (Å²) in [5, 5.41) is 3.02. The van der Waals surface area contributed by atoms with Crippen molar-refractivity contribution in [2.45, 2.75) is 12.5 Å². The number of alkyl halides is 2. The lowest BCUT2D eigenvalue weighted by molar-refractivity contribution is 0.00986. The zero-order valence-corrected chi connectivity index (χ0v) is 8.62. The van der Waals surface area contributed by atoms with Crippen LogP contribution in [0, 0.1) is 0 Å². The van der Waals surface area contributed by atoms with E-state index in [1.807, 2.05) is 30.3 Å². The molecule has 0 amide bonds. The molecule has 0 aliphatic heterocycles. The van der Waals surface area contributed by atoms with E-state index in [1.54, 1.807) is 7.05 Å². The Morgan fingerprint density at radius 3 is 2.40 bits per heavy atom. The lowest BCUT2D eigenvalue weighted by Crippen LogP contribution is -2.23. The van der Waals surface area contributed by atoms with Crippen molar-refractivity contribution in [2.24, 2.45) is 0 Å². The van der Waals surface area contributed by atoms with Crippen LogP contribution in [-0.4, -0.2) is 26.7 Å². The van der Waals surface area contributed by atoms with Crippen LogP contribution in [-0.2, 0) is 4.74 Å². The molecule has 0 bridgehead atoms. The highest BCUT2D eigenvalue weighted by Gasteiger charge is 2.10. The first-order valence-electron chi connectivity index (χ1n) is 4.82. The van der Waals surface area contributed by atoms with Gasteiger partial charge in [0.2, 0.25) is 0 Å². The van der Waals surface area contributed by atoms with E-state index in [0.29, 0.717) is 0 Å². The summed E-state index contributed by atoms with van der Waals surface area (Å²) in [6.07, 6.45) is -2.40. The van der Waals surface area contributed by atoms with Crippen molar-refractivity contribution in [1.82, 2.24) is 5.32 Å². The second-order valence-electron chi connectivity index (χ2n) is 3.18. The van der Waals surface area contributed by atoms with E-state index in [2.05, 4.69) is 5.32 Å². The molecule has 1 unspecified atom stereocenters. The van der Waals surface area contributed by atoms with Gasteiger partial charge in [-0.15, -0.1) is 0 Å². The number of nitrogens with one attached hydrogen (secondary N) is 1. The first-order valence-corrected chi connectivity index (χ1v) is 4.82. The highest BCUT2D eigenvalue weighted by atomic mass is 19.3. The Labute approximate surface area is 88.3 Å². The largest absolute Gasteiger partial charge is 0.374 e. The van der Waals surface area contributed by atoms with Gasteiger partial charge in [0.05, 0.1) is 12.6 Å². The monoisotopic (exact) mass is 215 g/mol. The third-order valence-electron chi connectivity index (χ3n) is 2.08. The molecule has 0 radical (unpaired) electrons. The van der Waals surface area contributed by atoms with E-state index in [9.17, 15) is 8.78 Å². The third-order valence-corrected chi connectivity index (χ3v) is 2.08. The van der Waals surface area contributed by atoms with Crippen molar-refractivity contribution < 1.29 is 13.5 Å². The van der Waals surface area contributed by atoms with Gasteiger partial charge < -0.3 is 10.1 Å². The van der Waals surface area contributed by atoms with Gasteiger partial charge in [-0.05, 0) is 12.6 Å². The van der Waals surface area contributed by atoms with E-state index >= 15 is 0 Å². The van der Waals surface area contributed by atoms with Crippen LogP contribution >= 0.6 is 0 Å². The highest BCUT2D eigenvalue weighted by Crippen LogP contribution is 2.12. The Kier molecular flexibility index (Phi) is 5.21. The van der Waals surface area contributed by atoms with Crippen LogP contribution in [0.5, 0.6) is 0 Å². The number of halogens is 2. The summed E-state index contributed by atoms with van der Waals surface area (Å²) in [5.41, 5.74) is 1.04. The van der Waals surface area contributed by atoms with Crippen molar-refractivity contribution in [3.8, 4) is 0 Å². The molecule has 0 aliphatic carbocycles. The molecule has 84 valence electrons. The van der Waals surface area contributed by atoms with Crippen molar-refractivity contribution in [1.29, 1.82) is 0 Å². The number of ether oxygens (including phenoxy) is 1. The minimum Gasteiger partial charge on any atom is -0.374 e. The Balaban J connectivity index is 2.43. The van der Waals surface area contributed by atoms with Crippen molar-refractivity contribution in [3.63, 3.8) is 0 Å². The van der Waals surface area contributed by atoms with Gasteiger partial charge in [0.15, 0.2) is 0 Å². The molecule has 1 aromatic carbocycles. The zero-order chi connectivity index (χ0) is 11.1. The van der Waals surface area contributed by atoms with E-state index in [1.165, 1.54) is 0 Å². The summed E-state index contributed by atoms with van der Waals surface area (Å²) in [4.78, 5) is 0. The lowest BCUT2D eigenvalue weighted by atomic mass is 10.1. The van der Waals surface area contributed by atoms with Gasteiger partial charge in [-0.2, -0.15) is 0 Å². The molecule has 0 saturated heterocycles. The molecule has 0 fully saturated rings. The molecule has 0 saturated carbocycles. The van der Waals surface area contributed by atoms with Crippen LogP contribution in [0.25, 0.3) is 0 Å². The van der Waals surface area contributed by atoms with Crippen molar-refractivity contribution in [2.75, 3.05) is 20.3 Å². The molecular formula is C11H15F2NO. The summed E-state index contributed by atoms with van der Waals surface area (Å²) in [5.74, 6) is 0. The predicted octanol–water partition coefficient (Wildman–Crippen LogP) is 2.23. The molecule has 0 aromatic heterocycles. The Hall–Kier alpha value is -1.00. The van der Waals surface area contributed by atoms with Crippen LogP contribution in [0.4, 0.5) is 8.78 Å². The van der Waals surface area contributed by atoms with Crippen LogP contribution < -0.4 is 5.32 Å². The van der Waals surface area contributed by atoms with Gasteiger partial charge >= 0.3 is 0 Å². The minimum absolute atomic E-state index is 0.0371. The molecule has 0 aliphatic rings. The quantitative estimate of drug-likeness (QED) is 0.785. The Morgan fingerprint density at radius 1 is 1.20 bits per heavy atom. The molecule has 1 atom stereocenters. The van der Waals surface area contributed by atoms with Crippen LogP contribution in [0.15, 0.2) is 30.3 Å². The van der Waals surface area contributed by atoms with Crippen LogP contribution in [0.3, 0.4) is 0 Å². The minimum atomic E-state index is -2.40. The standard InChI is InChI=1S/C11H15F2NO/c1-14-10(7-15-8-11(12)13)9-5-3-2-4-6-9/h2-6,10-11,14H,7-8H2,1H3. The van der Waals surface area contributed by atoms with Gasteiger partial charge in [-0.3, -0.25) is 0 Å². The molecule has 1 rings (SSSR count). The van der Waals surface area contributed by atoms with Gasteiger partial charge in [-0.1, -0.05) is 30.3 Å². The number of hydrogen-bond donors (Lipinski definition) is 1. The van der Waals surface area contributed by atoms with E-state index in [4.69, 9.17) is 4.74 Å². The van der Waals surface area contributed by atoms with Crippen molar-refractivity contribution in [3.05, 3.63) is 35.9 Å². The SMILES string of the molecule is CNC(COCC(F)F)c1ccccc1. The van der Waals surface area contributed by atoms with E-state index < -0.39 is 13.0 Å². The van der Waals surface area contributed by atoms with Gasteiger partial charge in [0.25, 0.3) is 6.43 Å². The second-order valence-corrected chi connectivity index (χ2v) is 3.18. The fraction of sp³-hybridized carbons (Fsp3) is 0.455. The molecule has 1 N–H and O–H groups in total. The topological polar surface area (TPSA) is 21.3 Å². The molecule has 2 nitrogen and oxygen atoms in total. The highest BCUT2D eigenvalue weighted by molar-refractivity contribution is 5.18. The number of hydrogen-bond acceptors (Lipinski definition) is 2. The molecule has 0 spiro atoms. The van der Waals surface area contributed by atoms with Crippen LogP contribution in [0.1, 0.15) is 11.6 Å². The maximum atomic E-state index is 11.8. The predicted molar refractivity (Wildman–Crippen MR) is 55.1 cm³/mol. The van der Waals surface area contributed by atoms with Gasteiger partial charge in [0, 0.05) is 0 Å². The maximum absolute atomic E-state index is 11.8. The fourth-order valence-corrected chi connectivity index (χ4v) is 1.31. The summed E-state index contributed by atoms with van der Waals surface area (Å²) in [7, 11) is 1.78. The maximum Gasteiger partial charge on any atom is 0.261 e. The number of likely N-dealkylation sites (N-methyl/N-ethyl adjacent to an activating group) is 1. The molecule has 15 heavy (non-hydrogen) atoms. The number of rotatable bonds is 6. The van der Waals surface area contributed by atoms with E-state index in [-0.39, 0.29) is 12.6 Å². The summed E-state index contributed by atoms with van der Waals surface area (Å²) < 4.78 is 28.6. The first-order chi connectivity index (χ1) is 7.24. The van der Waals surface area contributed by atoms with Gasteiger partial charge in [0.1, 0.15) is 6.61 Å². The fourth-order valence-electron chi connectivity index (χ4n) is 1.31. The molecule has 0 heterocycles. The zero-order valence-electron chi connectivity index (χ0n) is 8.62. The smallest absolute Gasteiger partial charge is 0.261 e. The average Bonchev–Trinajstić information content (AvgIpc) is 2.25. The van der Waals surface area contributed by atoms with Crippen LogP contribution in [0.2, 0.25) is 0 Å².